The first kappa shape index (κ1) is 9.49. The summed E-state index contributed by atoms with van der Waals surface area (Å²) in [6.07, 6.45) is 0. The molecule has 2 nitrogen and oxygen atoms in total. The molecule has 2 aromatic rings. The summed E-state index contributed by atoms with van der Waals surface area (Å²) in [6, 6.07) is 3.29. The molecule has 0 aliphatic carbocycles. The van der Waals surface area contributed by atoms with Crippen molar-refractivity contribution in [2.45, 2.75) is 6.92 Å². The topological polar surface area (TPSA) is 37.3 Å². The molecule has 1 heterocycles. The third-order valence-electron chi connectivity index (χ3n) is 2.06. The van der Waals surface area contributed by atoms with E-state index in [0.29, 0.717) is 5.02 Å². The molecule has 1 N–H and O–H groups in total. The average molecular weight is 227 g/mol. The molecule has 0 unspecified atom stereocenters. The molecule has 0 aliphatic heterocycles. The summed E-state index contributed by atoms with van der Waals surface area (Å²) in [7, 11) is 0. The van der Waals surface area contributed by atoms with Gasteiger partial charge in [0.05, 0.1) is 5.56 Å². The van der Waals surface area contributed by atoms with Crippen LogP contribution in [-0.4, -0.2) is 11.1 Å². The molecule has 4 heteroatoms. The Hall–Kier alpha value is -1.06. The van der Waals surface area contributed by atoms with Gasteiger partial charge in [0.2, 0.25) is 0 Å². The number of aromatic carboxylic acids is 1. The van der Waals surface area contributed by atoms with Gasteiger partial charge in [-0.3, -0.25) is 0 Å². The van der Waals surface area contributed by atoms with Gasteiger partial charge in [0.25, 0.3) is 0 Å². The molecule has 14 heavy (non-hydrogen) atoms. The molecule has 0 radical (unpaired) electrons. The number of hydrogen-bond donors (Lipinski definition) is 1. The van der Waals surface area contributed by atoms with Crippen LogP contribution in [0.3, 0.4) is 0 Å². The maximum Gasteiger partial charge on any atom is 0.337 e. The van der Waals surface area contributed by atoms with Crippen LogP contribution in [0.1, 0.15) is 15.9 Å². The summed E-state index contributed by atoms with van der Waals surface area (Å²) >= 11 is 7.28. The zero-order valence-corrected chi connectivity index (χ0v) is 8.95. The lowest BCUT2D eigenvalue weighted by molar-refractivity contribution is 0.0699. The van der Waals surface area contributed by atoms with Crippen LogP contribution in [0.4, 0.5) is 0 Å². The van der Waals surface area contributed by atoms with Gasteiger partial charge in [-0.25, -0.2) is 4.79 Å². The van der Waals surface area contributed by atoms with Crippen LogP contribution in [0.25, 0.3) is 10.1 Å². The van der Waals surface area contributed by atoms with Crippen molar-refractivity contribution >= 4 is 39.0 Å². The van der Waals surface area contributed by atoms with Crippen molar-refractivity contribution in [2.75, 3.05) is 0 Å². The van der Waals surface area contributed by atoms with E-state index in [9.17, 15) is 4.79 Å². The Bertz CT molecular complexity index is 516. The van der Waals surface area contributed by atoms with E-state index in [-0.39, 0.29) is 5.56 Å². The number of hydrogen-bond acceptors (Lipinski definition) is 2. The second-order valence-corrected chi connectivity index (χ2v) is 4.37. The maximum atomic E-state index is 10.9. The minimum absolute atomic E-state index is 0.283. The summed E-state index contributed by atoms with van der Waals surface area (Å²) in [5, 5.41) is 12.3. The molecule has 0 aliphatic rings. The monoisotopic (exact) mass is 226 g/mol. The van der Waals surface area contributed by atoms with Crippen LogP contribution in [0, 0.1) is 6.92 Å². The van der Waals surface area contributed by atoms with Gasteiger partial charge in [-0.2, -0.15) is 0 Å². The highest BCUT2D eigenvalue weighted by Gasteiger charge is 2.12. The van der Waals surface area contributed by atoms with E-state index in [2.05, 4.69) is 0 Å². The Kier molecular flexibility index (Phi) is 2.21. The fourth-order valence-corrected chi connectivity index (χ4v) is 2.64. The quantitative estimate of drug-likeness (QED) is 0.807. The molecule has 0 saturated carbocycles. The Balaban J connectivity index is 2.88. The Labute approximate surface area is 89.7 Å². The van der Waals surface area contributed by atoms with E-state index in [1.807, 2.05) is 12.3 Å². The van der Waals surface area contributed by atoms with Crippen molar-refractivity contribution in [3.05, 3.63) is 33.7 Å². The molecule has 0 bridgehead atoms. The molecular weight excluding hydrogens is 220 g/mol. The summed E-state index contributed by atoms with van der Waals surface area (Å²) < 4.78 is 0.791. The van der Waals surface area contributed by atoms with Gasteiger partial charge in [0.15, 0.2) is 0 Å². The van der Waals surface area contributed by atoms with Gasteiger partial charge >= 0.3 is 5.97 Å². The third-order valence-corrected chi connectivity index (χ3v) is 3.43. The third kappa shape index (κ3) is 1.38. The molecule has 0 spiro atoms. The number of carbonyl (C=O) groups is 1. The Morgan fingerprint density at radius 1 is 1.50 bits per heavy atom. The first-order valence-electron chi connectivity index (χ1n) is 4.00. The highest BCUT2D eigenvalue weighted by Crippen LogP contribution is 2.31. The number of thiophene rings is 1. The predicted octanol–water partition coefficient (Wildman–Crippen LogP) is 3.56. The van der Waals surface area contributed by atoms with Gasteiger partial charge in [0, 0.05) is 9.72 Å². The predicted molar refractivity (Wildman–Crippen MR) is 58.5 cm³/mol. The van der Waals surface area contributed by atoms with E-state index in [0.717, 1.165) is 15.6 Å². The van der Waals surface area contributed by atoms with Crippen molar-refractivity contribution in [3.63, 3.8) is 0 Å². The minimum Gasteiger partial charge on any atom is -0.478 e. The first-order chi connectivity index (χ1) is 6.59. The Morgan fingerprint density at radius 3 is 2.86 bits per heavy atom. The van der Waals surface area contributed by atoms with Crippen LogP contribution in [0.2, 0.25) is 5.02 Å². The number of halogens is 1. The summed E-state index contributed by atoms with van der Waals surface area (Å²) in [4.78, 5) is 10.9. The highest BCUT2D eigenvalue weighted by molar-refractivity contribution is 7.17. The summed E-state index contributed by atoms with van der Waals surface area (Å²) in [5.74, 6) is -0.931. The first-order valence-corrected chi connectivity index (χ1v) is 5.26. The van der Waals surface area contributed by atoms with Gasteiger partial charge in [0.1, 0.15) is 0 Å². The smallest absolute Gasteiger partial charge is 0.337 e. The van der Waals surface area contributed by atoms with Gasteiger partial charge < -0.3 is 5.11 Å². The molecule has 1 aromatic carbocycles. The number of benzene rings is 1. The van der Waals surface area contributed by atoms with E-state index in [1.54, 1.807) is 6.07 Å². The largest absolute Gasteiger partial charge is 0.478 e. The fourth-order valence-electron chi connectivity index (χ4n) is 1.38. The number of carboxylic acids is 1. The lowest BCUT2D eigenvalue weighted by atomic mass is 10.1. The maximum absolute atomic E-state index is 10.9. The van der Waals surface area contributed by atoms with Crippen LogP contribution >= 0.6 is 22.9 Å². The number of fused-ring (bicyclic) bond motifs is 1. The molecule has 2 rings (SSSR count). The molecule has 0 atom stereocenters. The van der Waals surface area contributed by atoms with E-state index in [1.165, 1.54) is 17.4 Å². The van der Waals surface area contributed by atoms with Gasteiger partial charge in [-0.05, 0) is 35.4 Å². The van der Waals surface area contributed by atoms with Crippen molar-refractivity contribution in [1.29, 1.82) is 0 Å². The van der Waals surface area contributed by atoms with Crippen molar-refractivity contribution < 1.29 is 9.90 Å². The zero-order valence-electron chi connectivity index (χ0n) is 7.37. The summed E-state index contributed by atoms with van der Waals surface area (Å²) in [6.45, 7) is 1.95. The van der Waals surface area contributed by atoms with Crippen LogP contribution in [0.5, 0.6) is 0 Å². The summed E-state index contributed by atoms with van der Waals surface area (Å²) in [5.41, 5.74) is 1.35. The van der Waals surface area contributed by atoms with Crippen molar-refractivity contribution in [2.24, 2.45) is 0 Å². The van der Waals surface area contributed by atoms with Gasteiger partial charge in [-0.15, -0.1) is 11.3 Å². The van der Waals surface area contributed by atoms with E-state index < -0.39 is 5.97 Å². The lowest BCUT2D eigenvalue weighted by Gasteiger charge is -1.99. The van der Waals surface area contributed by atoms with Crippen molar-refractivity contribution in [3.8, 4) is 0 Å². The Morgan fingerprint density at radius 2 is 2.21 bits per heavy atom. The fraction of sp³-hybridized carbons (Fsp3) is 0.100. The average Bonchev–Trinajstić information content (AvgIpc) is 2.47. The highest BCUT2D eigenvalue weighted by atomic mass is 35.5. The minimum atomic E-state index is -0.931. The normalized spacial score (nSPS) is 10.7. The van der Waals surface area contributed by atoms with Crippen LogP contribution in [-0.2, 0) is 0 Å². The molecule has 0 fully saturated rings. The van der Waals surface area contributed by atoms with Crippen molar-refractivity contribution in [1.82, 2.24) is 0 Å². The van der Waals surface area contributed by atoms with Crippen LogP contribution < -0.4 is 0 Å². The molecule has 0 amide bonds. The number of carboxylic acid groups (broad SMARTS) is 1. The van der Waals surface area contributed by atoms with E-state index >= 15 is 0 Å². The van der Waals surface area contributed by atoms with E-state index in [4.69, 9.17) is 16.7 Å². The van der Waals surface area contributed by atoms with Crippen LogP contribution in [0.15, 0.2) is 17.5 Å². The second-order valence-electron chi connectivity index (χ2n) is 3.05. The standard InChI is InChI=1S/C10H7ClO2S/c1-5-4-14-9-7(5)2-6(11)3-8(9)10(12)13/h2-4H,1H3,(H,12,13). The van der Waals surface area contributed by atoms with Gasteiger partial charge in [-0.1, -0.05) is 11.6 Å². The molecular formula is C10H7ClO2S. The molecule has 1 aromatic heterocycles. The zero-order chi connectivity index (χ0) is 10.3. The lowest BCUT2D eigenvalue weighted by Crippen LogP contribution is -1.95. The SMILES string of the molecule is Cc1csc2c(C(=O)O)cc(Cl)cc12. The molecule has 72 valence electrons. The number of aryl methyl sites for hydroxylation is 1. The number of rotatable bonds is 1. The molecule has 0 saturated heterocycles. The second kappa shape index (κ2) is 3.26.